The van der Waals surface area contributed by atoms with Crippen molar-refractivity contribution < 1.29 is 13.0 Å². The van der Waals surface area contributed by atoms with Crippen molar-refractivity contribution in [2.45, 2.75) is 6.42 Å². The molecule has 2 N–H and O–H groups in total. The van der Waals surface area contributed by atoms with E-state index >= 15 is 0 Å². The summed E-state index contributed by atoms with van der Waals surface area (Å²) >= 11 is 0. The first-order valence-electron chi connectivity index (χ1n) is 3.33. The van der Waals surface area contributed by atoms with Crippen LogP contribution in [-0.4, -0.2) is 31.8 Å². The van der Waals surface area contributed by atoms with E-state index in [1.54, 1.807) is 6.08 Å². The van der Waals surface area contributed by atoms with Crippen molar-refractivity contribution in [1.82, 2.24) is 5.32 Å². The first-order chi connectivity index (χ1) is 5.06. The van der Waals surface area contributed by atoms with Crippen LogP contribution in [0.15, 0.2) is 12.7 Å². The summed E-state index contributed by atoms with van der Waals surface area (Å²) in [4.78, 5) is 0. The van der Waals surface area contributed by atoms with Gasteiger partial charge in [-0.15, -0.1) is 6.58 Å². The van der Waals surface area contributed by atoms with Crippen LogP contribution in [-0.2, 0) is 10.1 Å². The molecule has 5 heteroatoms. The number of rotatable bonds is 6. The average molecular weight is 179 g/mol. The van der Waals surface area contributed by atoms with Crippen LogP contribution in [0.4, 0.5) is 0 Å². The normalized spacial score (nSPS) is 11.4. The van der Waals surface area contributed by atoms with Crippen LogP contribution in [0.3, 0.4) is 0 Å². The first-order valence-corrected chi connectivity index (χ1v) is 4.94. The van der Waals surface area contributed by atoms with Gasteiger partial charge in [-0.2, -0.15) is 8.42 Å². The molecule has 0 amide bonds. The third-order valence-electron chi connectivity index (χ3n) is 1.06. The molecule has 11 heavy (non-hydrogen) atoms. The van der Waals surface area contributed by atoms with E-state index in [9.17, 15) is 8.42 Å². The molecule has 0 aliphatic rings. The molecule has 66 valence electrons. The molecule has 0 unspecified atom stereocenters. The lowest BCUT2D eigenvalue weighted by Crippen LogP contribution is -2.23. The number of hydrogen-bond acceptors (Lipinski definition) is 3. The Balaban J connectivity index is 3.22. The highest BCUT2D eigenvalue weighted by Crippen LogP contribution is 1.80. The summed E-state index contributed by atoms with van der Waals surface area (Å²) in [5, 5.41) is 2.83. The zero-order chi connectivity index (χ0) is 8.74. The SMILES string of the molecule is C=CCCNCCS(=O)(=O)O. The molecule has 0 aliphatic heterocycles. The van der Waals surface area contributed by atoms with Gasteiger partial charge in [0.1, 0.15) is 0 Å². The molecule has 0 aromatic heterocycles. The minimum absolute atomic E-state index is 0.232. The zero-order valence-electron chi connectivity index (χ0n) is 6.28. The van der Waals surface area contributed by atoms with Crippen LogP contribution < -0.4 is 5.32 Å². The molecular formula is C6H13NO3S. The van der Waals surface area contributed by atoms with E-state index in [0.717, 1.165) is 6.42 Å². The maximum Gasteiger partial charge on any atom is 0.266 e. The Kier molecular flexibility index (Phi) is 5.10. The lowest BCUT2D eigenvalue weighted by Gasteiger charge is -1.99. The quantitative estimate of drug-likeness (QED) is 0.343. The molecule has 4 nitrogen and oxygen atoms in total. The lowest BCUT2D eigenvalue weighted by atomic mass is 10.4. The summed E-state index contributed by atoms with van der Waals surface area (Å²) in [7, 11) is -3.80. The Labute approximate surface area is 67.1 Å². The standard InChI is InChI=1S/C6H13NO3S/c1-2-3-4-7-5-6-11(8,9)10/h2,7H,1,3-6H2,(H,8,9,10). The van der Waals surface area contributed by atoms with E-state index in [2.05, 4.69) is 11.9 Å². The molecule has 0 rings (SSSR count). The molecule has 0 aliphatic carbocycles. The highest BCUT2D eigenvalue weighted by molar-refractivity contribution is 7.85. The molecule has 0 radical (unpaired) electrons. The van der Waals surface area contributed by atoms with E-state index in [0.29, 0.717) is 6.54 Å². The second kappa shape index (κ2) is 5.29. The zero-order valence-corrected chi connectivity index (χ0v) is 7.10. The monoisotopic (exact) mass is 179 g/mol. The molecule has 0 heterocycles. The molecular weight excluding hydrogens is 166 g/mol. The Morgan fingerprint density at radius 3 is 2.55 bits per heavy atom. The van der Waals surface area contributed by atoms with Gasteiger partial charge in [0.2, 0.25) is 0 Å². The molecule has 0 fully saturated rings. The minimum Gasteiger partial charge on any atom is -0.315 e. The molecule has 0 saturated carbocycles. The van der Waals surface area contributed by atoms with Crippen molar-refractivity contribution in [1.29, 1.82) is 0 Å². The predicted molar refractivity (Wildman–Crippen MR) is 44.1 cm³/mol. The molecule has 0 saturated heterocycles. The van der Waals surface area contributed by atoms with Crippen LogP contribution in [0.2, 0.25) is 0 Å². The number of nitrogens with one attached hydrogen (secondary N) is 1. The summed E-state index contributed by atoms with van der Waals surface area (Å²) in [6, 6.07) is 0. The smallest absolute Gasteiger partial charge is 0.266 e. The van der Waals surface area contributed by atoms with Crippen molar-refractivity contribution >= 4 is 10.1 Å². The van der Waals surface area contributed by atoms with E-state index in [4.69, 9.17) is 4.55 Å². The Bertz CT molecular complexity index is 198. The highest BCUT2D eigenvalue weighted by Gasteiger charge is 2.01. The molecule has 0 bridgehead atoms. The van der Waals surface area contributed by atoms with Crippen molar-refractivity contribution in [2.24, 2.45) is 0 Å². The van der Waals surface area contributed by atoms with Crippen LogP contribution in [0.1, 0.15) is 6.42 Å². The van der Waals surface area contributed by atoms with Crippen LogP contribution in [0, 0.1) is 0 Å². The van der Waals surface area contributed by atoms with Crippen molar-refractivity contribution in [2.75, 3.05) is 18.8 Å². The molecule has 0 aromatic carbocycles. The van der Waals surface area contributed by atoms with Crippen LogP contribution >= 0.6 is 0 Å². The molecule has 0 spiro atoms. The Morgan fingerprint density at radius 1 is 1.45 bits per heavy atom. The van der Waals surface area contributed by atoms with Gasteiger partial charge in [-0.1, -0.05) is 6.08 Å². The van der Waals surface area contributed by atoms with Crippen molar-refractivity contribution in [3.8, 4) is 0 Å². The minimum atomic E-state index is -3.80. The predicted octanol–water partition coefficient (Wildman–Crippen LogP) is 0.0399. The summed E-state index contributed by atoms with van der Waals surface area (Å²) in [6.45, 7) is 4.48. The largest absolute Gasteiger partial charge is 0.315 e. The van der Waals surface area contributed by atoms with Gasteiger partial charge in [0.05, 0.1) is 5.75 Å². The summed E-state index contributed by atoms with van der Waals surface area (Å²) in [6.07, 6.45) is 2.53. The van der Waals surface area contributed by atoms with E-state index in [-0.39, 0.29) is 12.3 Å². The van der Waals surface area contributed by atoms with Gasteiger partial charge in [0.25, 0.3) is 10.1 Å². The Morgan fingerprint density at radius 2 is 2.09 bits per heavy atom. The van der Waals surface area contributed by atoms with Gasteiger partial charge in [-0.3, -0.25) is 4.55 Å². The van der Waals surface area contributed by atoms with Gasteiger partial charge in [0, 0.05) is 6.54 Å². The van der Waals surface area contributed by atoms with E-state index in [1.807, 2.05) is 0 Å². The van der Waals surface area contributed by atoms with Crippen LogP contribution in [0.25, 0.3) is 0 Å². The fourth-order valence-corrected chi connectivity index (χ4v) is 0.933. The summed E-state index contributed by atoms with van der Waals surface area (Å²) < 4.78 is 28.6. The van der Waals surface area contributed by atoms with Gasteiger partial charge < -0.3 is 5.32 Å². The van der Waals surface area contributed by atoms with Gasteiger partial charge in [-0.25, -0.2) is 0 Å². The summed E-state index contributed by atoms with van der Waals surface area (Å²) in [5.74, 6) is -0.232. The first kappa shape index (κ1) is 10.6. The maximum atomic E-state index is 10.2. The third kappa shape index (κ3) is 9.61. The van der Waals surface area contributed by atoms with Gasteiger partial charge in [-0.05, 0) is 13.0 Å². The summed E-state index contributed by atoms with van der Waals surface area (Å²) in [5.41, 5.74) is 0. The van der Waals surface area contributed by atoms with Crippen molar-refractivity contribution in [3.63, 3.8) is 0 Å². The molecule has 0 atom stereocenters. The second-order valence-electron chi connectivity index (χ2n) is 2.11. The topological polar surface area (TPSA) is 66.4 Å². The van der Waals surface area contributed by atoms with E-state index in [1.165, 1.54) is 0 Å². The highest BCUT2D eigenvalue weighted by atomic mass is 32.2. The van der Waals surface area contributed by atoms with Crippen LogP contribution in [0.5, 0.6) is 0 Å². The van der Waals surface area contributed by atoms with E-state index < -0.39 is 10.1 Å². The fraction of sp³-hybridized carbons (Fsp3) is 0.667. The fourth-order valence-electron chi connectivity index (χ4n) is 0.530. The Hall–Kier alpha value is -0.390. The third-order valence-corrected chi connectivity index (χ3v) is 1.78. The maximum absolute atomic E-state index is 10.2. The van der Waals surface area contributed by atoms with Gasteiger partial charge in [0.15, 0.2) is 0 Å². The lowest BCUT2D eigenvalue weighted by molar-refractivity contribution is 0.480. The van der Waals surface area contributed by atoms with Crippen molar-refractivity contribution in [3.05, 3.63) is 12.7 Å². The molecule has 0 aromatic rings. The second-order valence-corrected chi connectivity index (χ2v) is 3.69. The average Bonchev–Trinajstić information content (AvgIpc) is 1.85. The van der Waals surface area contributed by atoms with Gasteiger partial charge >= 0.3 is 0 Å². The number of hydrogen-bond donors (Lipinski definition) is 2.